The Morgan fingerprint density at radius 2 is 0.414 bits per heavy atom. The molecule has 70 heavy (non-hydrogen) atoms. The SMILES string of the molecule is [Cu+2].[Cu+2].[O-]c1ccccc1C=NCCc1ccccc1.[O-]c1ccccc1C=NCCc1ccccc1.[O-]c1ccccc1C=NCCc1ccccc1.[O-]c1ccccc1C=NCCc1ccccc1. The normalized spacial score (nSPS) is 10.5. The molecule has 8 rings (SSSR count). The number of benzene rings is 8. The molecule has 0 unspecified atom stereocenters. The van der Waals surface area contributed by atoms with Gasteiger partial charge in [0.25, 0.3) is 0 Å². The second kappa shape index (κ2) is 34.9. The van der Waals surface area contributed by atoms with Gasteiger partial charge in [-0.25, -0.2) is 0 Å². The first kappa shape index (κ1) is 57.0. The molecule has 0 saturated heterocycles. The fourth-order valence-electron chi connectivity index (χ4n) is 6.35. The van der Waals surface area contributed by atoms with E-state index in [9.17, 15) is 20.4 Å². The maximum Gasteiger partial charge on any atom is 2.00 e. The van der Waals surface area contributed by atoms with E-state index in [2.05, 4.69) is 68.5 Å². The van der Waals surface area contributed by atoms with Gasteiger partial charge in [-0.3, -0.25) is 20.0 Å². The maximum absolute atomic E-state index is 11.4. The summed E-state index contributed by atoms with van der Waals surface area (Å²) in [6, 6.07) is 68.5. The minimum Gasteiger partial charge on any atom is -0.872 e. The van der Waals surface area contributed by atoms with E-state index in [-0.39, 0.29) is 57.1 Å². The van der Waals surface area contributed by atoms with Gasteiger partial charge < -0.3 is 20.4 Å². The smallest absolute Gasteiger partial charge is 0.872 e. The number of hydrogen-bond acceptors (Lipinski definition) is 8. The van der Waals surface area contributed by atoms with Gasteiger partial charge in [0, 0.05) is 51.0 Å². The molecule has 0 spiro atoms. The van der Waals surface area contributed by atoms with Crippen molar-refractivity contribution >= 4 is 24.9 Å². The van der Waals surface area contributed by atoms with Crippen molar-refractivity contribution < 1.29 is 54.6 Å². The van der Waals surface area contributed by atoms with Crippen LogP contribution in [-0.4, -0.2) is 51.0 Å². The Bertz CT molecular complexity index is 2360. The predicted molar refractivity (Wildman–Crippen MR) is 274 cm³/mol. The van der Waals surface area contributed by atoms with E-state index in [1.807, 2.05) is 97.1 Å². The molecule has 0 amide bonds. The third-order valence-corrected chi connectivity index (χ3v) is 10.1. The first-order valence-corrected chi connectivity index (χ1v) is 22.6. The Morgan fingerprint density at radius 1 is 0.243 bits per heavy atom. The zero-order valence-corrected chi connectivity index (χ0v) is 40.7. The summed E-state index contributed by atoms with van der Waals surface area (Å²) in [5.41, 5.74) is 7.67. The Morgan fingerprint density at radius 3 is 0.600 bits per heavy atom. The summed E-state index contributed by atoms with van der Waals surface area (Å²) in [5.74, 6) is 0.0962. The quantitative estimate of drug-likeness (QED) is 0.0702. The average molecular weight is 1020 g/mol. The van der Waals surface area contributed by atoms with E-state index in [4.69, 9.17) is 0 Å². The van der Waals surface area contributed by atoms with E-state index in [0.717, 1.165) is 25.7 Å². The largest absolute Gasteiger partial charge is 2.00 e. The number of rotatable bonds is 16. The van der Waals surface area contributed by atoms with Crippen molar-refractivity contribution in [3.05, 3.63) is 263 Å². The van der Waals surface area contributed by atoms with Gasteiger partial charge in [0.05, 0.1) is 0 Å². The van der Waals surface area contributed by atoms with Crippen molar-refractivity contribution in [2.45, 2.75) is 25.7 Å². The Kier molecular flexibility index (Phi) is 28.4. The Hall–Kier alpha value is -7.32. The van der Waals surface area contributed by atoms with Crippen molar-refractivity contribution in [1.29, 1.82) is 0 Å². The summed E-state index contributed by atoms with van der Waals surface area (Å²) in [5, 5.41) is 45.6. The number of aliphatic imine (C=N–C) groups is 4. The summed E-state index contributed by atoms with van der Waals surface area (Å²) >= 11 is 0. The van der Waals surface area contributed by atoms with E-state index in [0.29, 0.717) is 48.4 Å². The van der Waals surface area contributed by atoms with Crippen LogP contribution in [-0.2, 0) is 59.8 Å². The van der Waals surface area contributed by atoms with Gasteiger partial charge in [-0.2, -0.15) is 0 Å². The van der Waals surface area contributed by atoms with Crippen molar-refractivity contribution in [2.24, 2.45) is 20.0 Å². The molecule has 8 nitrogen and oxygen atoms in total. The van der Waals surface area contributed by atoms with Crippen molar-refractivity contribution in [3.63, 3.8) is 0 Å². The zero-order valence-electron chi connectivity index (χ0n) is 38.8. The molecular weight excluding hydrogens is 968 g/mol. The molecule has 8 aromatic carbocycles. The first-order chi connectivity index (χ1) is 33.4. The van der Waals surface area contributed by atoms with E-state index in [1.54, 1.807) is 97.7 Å². The van der Waals surface area contributed by atoms with Crippen LogP contribution in [0.1, 0.15) is 44.5 Å². The van der Waals surface area contributed by atoms with Crippen molar-refractivity contribution in [2.75, 3.05) is 26.2 Å². The topological polar surface area (TPSA) is 142 Å². The minimum atomic E-state index is 0. The molecule has 0 atom stereocenters. The number of hydrogen-bond donors (Lipinski definition) is 0. The van der Waals surface area contributed by atoms with Gasteiger partial charge in [-0.05, 0) is 70.2 Å². The third kappa shape index (κ3) is 23.1. The van der Waals surface area contributed by atoms with Gasteiger partial charge in [-0.1, -0.05) is 218 Å². The predicted octanol–water partition coefficient (Wildman–Crippen LogP) is 9.68. The summed E-state index contributed by atoms with van der Waals surface area (Å²) in [6.07, 6.45) is 10.2. The van der Waals surface area contributed by atoms with Crippen LogP contribution in [0.5, 0.6) is 23.0 Å². The monoisotopic (exact) mass is 1020 g/mol. The molecule has 0 aromatic heterocycles. The van der Waals surface area contributed by atoms with Gasteiger partial charge in [-0.15, -0.1) is 23.0 Å². The van der Waals surface area contributed by atoms with Crippen LogP contribution >= 0.6 is 0 Å². The van der Waals surface area contributed by atoms with Gasteiger partial charge in [0.15, 0.2) is 0 Å². The van der Waals surface area contributed by atoms with Crippen LogP contribution in [0.15, 0.2) is 238 Å². The van der Waals surface area contributed by atoms with Crippen LogP contribution in [0.3, 0.4) is 0 Å². The zero-order chi connectivity index (χ0) is 47.7. The molecule has 0 heterocycles. The molecular formula is C60H56Cu2N4O4. The fourth-order valence-corrected chi connectivity index (χ4v) is 6.35. The second-order valence-electron chi connectivity index (χ2n) is 15.2. The molecule has 362 valence electrons. The standard InChI is InChI=1S/4C15H15NO.2Cu/c4*17-15-9-5-4-8-14(15)12-16-11-10-13-6-2-1-3-7-13;;/h4*1-9,12,17H,10-11H2;;/q;;;;2*+2/p-4. The summed E-state index contributed by atoms with van der Waals surface area (Å²) in [6.45, 7) is 2.83. The van der Waals surface area contributed by atoms with E-state index >= 15 is 0 Å². The molecule has 0 saturated carbocycles. The average Bonchev–Trinajstić information content (AvgIpc) is 3.38. The molecule has 0 bridgehead atoms. The van der Waals surface area contributed by atoms with E-state index in [1.165, 1.54) is 22.3 Å². The molecule has 2 radical (unpaired) electrons. The summed E-state index contributed by atoms with van der Waals surface area (Å²) in [4.78, 5) is 17.1. The molecule has 8 aromatic rings. The Labute approximate surface area is 434 Å². The molecule has 0 aliphatic carbocycles. The van der Waals surface area contributed by atoms with Crippen molar-refractivity contribution in [1.82, 2.24) is 0 Å². The third-order valence-electron chi connectivity index (χ3n) is 10.1. The van der Waals surface area contributed by atoms with Crippen LogP contribution in [0, 0.1) is 0 Å². The van der Waals surface area contributed by atoms with Gasteiger partial charge in [0.2, 0.25) is 0 Å². The summed E-state index contributed by atoms with van der Waals surface area (Å²) < 4.78 is 0. The minimum absolute atomic E-state index is 0. The number of para-hydroxylation sites is 4. The molecule has 0 fully saturated rings. The first-order valence-electron chi connectivity index (χ1n) is 22.6. The molecule has 0 aliphatic heterocycles. The van der Waals surface area contributed by atoms with E-state index < -0.39 is 0 Å². The molecule has 10 heteroatoms. The Balaban J connectivity index is 0.000000245. The van der Waals surface area contributed by atoms with Crippen LogP contribution in [0.4, 0.5) is 0 Å². The van der Waals surface area contributed by atoms with Crippen LogP contribution < -0.4 is 20.4 Å². The second-order valence-corrected chi connectivity index (χ2v) is 15.2. The van der Waals surface area contributed by atoms with Crippen molar-refractivity contribution in [3.8, 4) is 23.0 Å². The fraction of sp³-hybridized carbons (Fsp3) is 0.133. The number of nitrogens with zero attached hydrogens (tertiary/aromatic N) is 4. The van der Waals surface area contributed by atoms with Gasteiger partial charge in [0.1, 0.15) is 0 Å². The molecule has 0 N–H and O–H groups in total. The van der Waals surface area contributed by atoms with Crippen LogP contribution in [0.2, 0.25) is 0 Å². The van der Waals surface area contributed by atoms with Crippen LogP contribution in [0.25, 0.3) is 0 Å². The molecule has 0 aliphatic rings. The summed E-state index contributed by atoms with van der Waals surface area (Å²) in [7, 11) is 0. The maximum atomic E-state index is 11.4. The van der Waals surface area contributed by atoms with Gasteiger partial charge >= 0.3 is 34.1 Å².